The summed E-state index contributed by atoms with van der Waals surface area (Å²) < 4.78 is 30.5. The van der Waals surface area contributed by atoms with Gasteiger partial charge in [0.1, 0.15) is 17.7 Å². The molecule has 8 heteroatoms. The zero-order valence-corrected chi connectivity index (χ0v) is 18.4. The van der Waals surface area contributed by atoms with E-state index in [1.807, 2.05) is 48.9 Å². The van der Waals surface area contributed by atoms with Crippen LogP contribution >= 0.6 is 0 Å². The number of aryl methyl sites for hydroxylation is 2. The first-order valence-corrected chi connectivity index (χ1v) is 10.3. The van der Waals surface area contributed by atoms with Crippen LogP contribution in [-0.4, -0.2) is 19.3 Å². The summed E-state index contributed by atoms with van der Waals surface area (Å²) in [6.45, 7) is 5.50. The van der Waals surface area contributed by atoms with Crippen LogP contribution in [0.1, 0.15) is 46.6 Å². The summed E-state index contributed by atoms with van der Waals surface area (Å²) in [6, 6.07) is 11.6. The number of hydrogen-bond donors (Lipinski definition) is 0. The maximum Gasteiger partial charge on any atom is 0.270 e. The quantitative estimate of drug-likeness (QED) is 0.456. The lowest BCUT2D eigenvalue weighted by Crippen LogP contribution is -2.30. The molecule has 2 aromatic carbocycles. The number of benzene rings is 2. The van der Waals surface area contributed by atoms with Gasteiger partial charge >= 0.3 is 0 Å². The van der Waals surface area contributed by atoms with E-state index in [2.05, 4.69) is 10.1 Å². The average Bonchev–Trinajstić information content (AvgIpc) is 3.20. The van der Waals surface area contributed by atoms with Crippen molar-refractivity contribution in [1.82, 2.24) is 19.3 Å². The maximum absolute atomic E-state index is 13.7. The third kappa shape index (κ3) is 4.58. The van der Waals surface area contributed by atoms with Crippen molar-refractivity contribution in [2.24, 2.45) is 0 Å². The average molecular weight is 445 g/mol. The van der Waals surface area contributed by atoms with Crippen LogP contribution < -0.4 is 5.56 Å². The van der Waals surface area contributed by atoms with E-state index in [1.165, 1.54) is 6.07 Å². The zero-order chi connectivity index (χ0) is 23.7. The molecule has 0 spiro atoms. The zero-order valence-electron chi connectivity index (χ0n) is 18.4. The molecule has 166 valence electrons. The van der Waals surface area contributed by atoms with Gasteiger partial charge in [-0.25, -0.2) is 18.4 Å². The molecule has 4 rings (SSSR count). The summed E-state index contributed by atoms with van der Waals surface area (Å²) in [5.41, 5.74) is 4.03. The highest BCUT2D eigenvalue weighted by atomic mass is 19.1. The maximum atomic E-state index is 13.7. The van der Waals surface area contributed by atoms with E-state index in [-0.39, 0.29) is 17.7 Å². The van der Waals surface area contributed by atoms with Gasteiger partial charge in [0.2, 0.25) is 0 Å². The Bertz CT molecular complexity index is 1430. The highest BCUT2D eigenvalue weighted by molar-refractivity contribution is 5.44. The monoisotopic (exact) mass is 445 g/mol. The number of halogens is 2. The largest absolute Gasteiger partial charge is 0.306 e. The van der Waals surface area contributed by atoms with Gasteiger partial charge in [-0.1, -0.05) is 12.1 Å². The number of imidazole rings is 1. The first-order valence-electron chi connectivity index (χ1n) is 10.3. The number of aromatic nitrogens is 4. The molecule has 0 radical (unpaired) electrons. The minimum Gasteiger partial charge on any atom is -0.306 e. The fourth-order valence-corrected chi connectivity index (χ4v) is 3.86. The molecule has 1 atom stereocenters. The Kier molecular flexibility index (Phi) is 5.88. The second kappa shape index (κ2) is 8.79. The smallest absolute Gasteiger partial charge is 0.270 e. The van der Waals surface area contributed by atoms with Gasteiger partial charge in [-0.3, -0.25) is 4.79 Å². The lowest BCUT2D eigenvalue weighted by molar-refractivity contribution is 0.512. The van der Waals surface area contributed by atoms with E-state index in [0.29, 0.717) is 5.56 Å². The Morgan fingerprint density at radius 1 is 1.09 bits per heavy atom. The fourth-order valence-electron chi connectivity index (χ4n) is 3.86. The van der Waals surface area contributed by atoms with Crippen LogP contribution in [0.15, 0.2) is 59.8 Å². The van der Waals surface area contributed by atoms with Crippen molar-refractivity contribution in [3.05, 3.63) is 111 Å². The van der Waals surface area contributed by atoms with Crippen LogP contribution in [0, 0.1) is 36.8 Å². The van der Waals surface area contributed by atoms with Gasteiger partial charge in [0, 0.05) is 29.9 Å². The second-order valence-corrected chi connectivity index (χ2v) is 8.02. The summed E-state index contributed by atoms with van der Waals surface area (Å²) in [7, 11) is 0. The van der Waals surface area contributed by atoms with Crippen molar-refractivity contribution in [3.8, 4) is 11.8 Å². The molecule has 0 saturated heterocycles. The van der Waals surface area contributed by atoms with Crippen LogP contribution in [0.4, 0.5) is 8.78 Å². The van der Waals surface area contributed by atoms with Crippen LogP contribution in [0.2, 0.25) is 0 Å². The van der Waals surface area contributed by atoms with Crippen molar-refractivity contribution in [2.45, 2.75) is 33.2 Å². The molecule has 0 aliphatic carbocycles. The first-order chi connectivity index (χ1) is 15.7. The number of rotatable bonds is 5. The predicted octanol–water partition coefficient (Wildman–Crippen LogP) is 4.40. The number of hydrogen-bond acceptors (Lipinski definition) is 4. The standard InChI is InChI=1S/C25H21F2N5O/c1-15-6-18(4-5-24(15)31-13-16(2)29-14-31)7-20-10-23(12-28)30-32(25(20)33)17(3)19-8-21(26)11-22(27)9-19/h4-6,8-11,13-14,17H,7H2,1-3H3/t17-/m0/s1. The SMILES string of the molecule is Cc1cn(-c2ccc(Cc3cc(C#N)nn([C@@H](C)c4cc(F)cc(F)c4)c3=O)cc2C)cn1. The molecule has 0 aliphatic heterocycles. The summed E-state index contributed by atoms with van der Waals surface area (Å²) in [6.07, 6.45) is 3.96. The van der Waals surface area contributed by atoms with E-state index < -0.39 is 23.2 Å². The van der Waals surface area contributed by atoms with Crippen molar-refractivity contribution < 1.29 is 8.78 Å². The highest BCUT2D eigenvalue weighted by Crippen LogP contribution is 2.21. The van der Waals surface area contributed by atoms with E-state index in [4.69, 9.17) is 0 Å². The van der Waals surface area contributed by atoms with Gasteiger partial charge in [0.05, 0.1) is 18.1 Å². The Hall–Kier alpha value is -4.12. The second-order valence-electron chi connectivity index (χ2n) is 8.02. The molecule has 0 unspecified atom stereocenters. The molecule has 4 aromatic rings. The molecule has 0 fully saturated rings. The van der Waals surface area contributed by atoms with Crippen molar-refractivity contribution in [2.75, 3.05) is 0 Å². The predicted molar refractivity (Wildman–Crippen MR) is 119 cm³/mol. The number of nitriles is 1. The molecule has 6 nitrogen and oxygen atoms in total. The van der Waals surface area contributed by atoms with Gasteiger partial charge in [-0.05, 0) is 61.7 Å². The molecule has 33 heavy (non-hydrogen) atoms. The van der Waals surface area contributed by atoms with E-state index in [1.54, 1.807) is 13.3 Å². The molecule has 2 aromatic heterocycles. The van der Waals surface area contributed by atoms with Gasteiger partial charge in [0.15, 0.2) is 5.69 Å². The normalized spacial score (nSPS) is 11.9. The summed E-state index contributed by atoms with van der Waals surface area (Å²) in [5, 5.41) is 13.5. The molecule has 0 N–H and O–H groups in total. The van der Waals surface area contributed by atoms with Crippen molar-refractivity contribution in [1.29, 1.82) is 5.26 Å². The Balaban J connectivity index is 1.71. The summed E-state index contributed by atoms with van der Waals surface area (Å²) in [5.74, 6) is -1.49. The Morgan fingerprint density at radius 3 is 2.42 bits per heavy atom. The minimum absolute atomic E-state index is 0.0514. The summed E-state index contributed by atoms with van der Waals surface area (Å²) >= 11 is 0. The van der Waals surface area contributed by atoms with Gasteiger partial charge in [0.25, 0.3) is 5.56 Å². The van der Waals surface area contributed by atoms with Crippen LogP contribution in [0.3, 0.4) is 0 Å². The van der Waals surface area contributed by atoms with E-state index in [9.17, 15) is 18.8 Å². The lowest BCUT2D eigenvalue weighted by atomic mass is 10.0. The van der Waals surface area contributed by atoms with E-state index in [0.717, 1.165) is 45.4 Å². The molecule has 0 amide bonds. The molecular formula is C25H21F2N5O. The van der Waals surface area contributed by atoms with Crippen molar-refractivity contribution in [3.63, 3.8) is 0 Å². The molecule has 0 bridgehead atoms. The first kappa shape index (κ1) is 22.1. The van der Waals surface area contributed by atoms with Crippen molar-refractivity contribution >= 4 is 0 Å². The Labute approximate surface area is 189 Å². The molecule has 0 saturated carbocycles. The topological polar surface area (TPSA) is 76.5 Å². The lowest BCUT2D eigenvalue weighted by Gasteiger charge is -2.16. The van der Waals surface area contributed by atoms with Crippen LogP contribution in [0.5, 0.6) is 0 Å². The van der Waals surface area contributed by atoms with Crippen LogP contribution in [-0.2, 0) is 6.42 Å². The third-order valence-corrected chi connectivity index (χ3v) is 5.50. The highest BCUT2D eigenvalue weighted by Gasteiger charge is 2.17. The molecular weight excluding hydrogens is 424 g/mol. The van der Waals surface area contributed by atoms with Gasteiger partial charge in [-0.15, -0.1) is 0 Å². The van der Waals surface area contributed by atoms with Gasteiger partial charge in [-0.2, -0.15) is 10.4 Å². The molecule has 0 aliphatic rings. The van der Waals surface area contributed by atoms with E-state index >= 15 is 0 Å². The number of nitrogens with zero attached hydrogens (tertiary/aromatic N) is 5. The molecule has 2 heterocycles. The third-order valence-electron chi connectivity index (χ3n) is 5.50. The fraction of sp³-hybridized carbons (Fsp3) is 0.200. The van der Waals surface area contributed by atoms with Gasteiger partial charge < -0.3 is 4.57 Å². The summed E-state index contributed by atoms with van der Waals surface area (Å²) in [4.78, 5) is 17.4. The van der Waals surface area contributed by atoms with Crippen LogP contribution in [0.25, 0.3) is 5.69 Å². The minimum atomic E-state index is -0.761. The Morgan fingerprint density at radius 2 is 1.82 bits per heavy atom.